The molecular formula is C26H19Cl2N5O3. The van der Waals surface area contributed by atoms with Crippen LogP contribution in [0.5, 0.6) is 11.5 Å². The molecule has 0 saturated heterocycles. The van der Waals surface area contributed by atoms with E-state index < -0.39 is 11.5 Å². The molecule has 36 heavy (non-hydrogen) atoms. The molecule has 5 aromatic rings. The molecule has 0 saturated carbocycles. The molecule has 3 aromatic heterocycles. The van der Waals surface area contributed by atoms with Gasteiger partial charge in [-0.1, -0.05) is 23.2 Å². The fourth-order valence-corrected chi connectivity index (χ4v) is 4.23. The maximum absolute atomic E-state index is 13.0. The van der Waals surface area contributed by atoms with Crippen molar-refractivity contribution in [2.45, 2.75) is 6.92 Å². The first-order valence-corrected chi connectivity index (χ1v) is 11.6. The van der Waals surface area contributed by atoms with Crippen LogP contribution >= 0.6 is 23.2 Å². The Kier molecular flexibility index (Phi) is 6.22. The summed E-state index contributed by atoms with van der Waals surface area (Å²) in [5.41, 5.74) is 1.78. The van der Waals surface area contributed by atoms with Gasteiger partial charge in [-0.15, -0.1) is 0 Å². The number of rotatable bonds is 5. The van der Waals surface area contributed by atoms with Crippen LogP contribution in [-0.2, 0) is 7.05 Å². The number of benzene rings is 2. The fourth-order valence-electron chi connectivity index (χ4n) is 3.75. The maximum atomic E-state index is 13.0. The molecule has 2 aromatic carbocycles. The SMILES string of the molecule is Cc1cc(=O)n(-c2ccc(Cl)cc2Cl)nc1C(=O)Nc1ccc(Oc2ccnc3c2ccn3C)cc1. The van der Waals surface area contributed by atoms with Gasteiger partial charge in [0.2, 0.25) is 0 Å². The highest BCUT2D eigenvalue weighted by molar-refractivity contribution is 6.35. The maximum Gasteiger partial charge on any atom is 0.276 e. The second-order valence-corrected chi connectivity index (χ2v) is 8.92. The van der Waals surface area contributed by atoms with Crippen LogP contribution in [0.2, 0.25) is 10.0 Å². The average Bonchev–Trinajstić information content (AvgIpc) is 3.23. The van der Waals surface area contributed by atoms with E-state index in [1.807, 2.05) is 23.9 Å². The molecule has 1 amide bonds. The summed E-state index contributed by atoms with van der Waals surface area (Å²) in [7, 11) is 1.92. The third-order valence-electron chi connectivity index (χ3n) is 5.54. The first-order valence-electron chi connectivity index (χ1n) is 10.9. The van der Waals surface area contributed by atoms with Gasteiger partial charge in [0.05, 0.1) is 16.1 Å². The quantitative estimate of drug-likeness (QED) is 0.317. The number of carbonyl (C=O) groups excluding carboxylic acids is 1. The molecule has 0 bridgehead atoms. The Morgan fingerprint density at radius 1 is 1.03 bits per heavy atom. The van der Waals surface area contributed by atoms with Gasteiger partial charge in [-0.05, 0) is 67.1 Å². The minimum Gasteiger partial charge on any atom is -0.457 e. The van der Waals surface area contributed by atoms with Crippen LogP contribution in [0.25, 0.3) is 16.7 Å². The Labute approximate surface area is 215 Å². The van der Waals surface area contributed by atoms with Crippen molar-refractivity contribution < 1.29 is 9.53 Å². The van der Waals surface area contributed by atoms with Gasteiger partial charge in [-0.25, -0.2) is 4.98 Å². The molecule has 0 fully saturated rings. The van der Waals surface area contributed by atoms with E-state index in [2.05, 4.69) is 15.4 Å². The van der Waals surface area contributed by atoms with Gasteiger partial charge in [0, 0.05) is 36.2 Å². The highest BCUT2D eigenvalue weighted by atomic mass is 35.5. The topological polar surface area (TPSA) is 91.0 Å². The molecule has 0 spiro atoms. The van der Waals surface area contributed by atoms with Gasteiger partial charge >= 0.3 is 0 Å². The number of carbonyl (C=O) groups is 1. The molecular weight excluding hydrogens is 501 g/mol. The zero-order valence-electron chi connectivity index (χ0n) is 19.2. The van der Waals surface area contributed by atoms with Gasteiger partial charge < -0.3 is 14.6 Å². The van der Waals surface area contributed by atoms with E-state index in [0.29, 0.717) is 33.5 Å². The summed E-state index contributed by atoms with van der Waals surface area (Å²) in [5.74, 6) is 0.810. The third kappa shape index (κ3) is 4.56. The largest absolute Gasteiger partial charge is 0.457 e. The van der Waals surface area contributed by atoms with Crippen LogP contribution in [0.4, 0.5) is 5.69 Å². The molecule has 5 rings (SSSR count). The van der Waals surface area contributed by atoms with Crippen molar-refractivity contribution in [3.63, 3.8) is 0 Å². The fraction of sp³-hybridized carbons (Fsp3) is 0.0769. The smallest absolute Gasteiger partial charge is 0.276 e. The lowest BCUT2D eigenvalue weighted by molar-refractivity contribution is 0.102. The minimum atomic E-state index is -0.472. The summed E-state index contributed by atoms with van der Waals surface area (Å²) in [4.78, 5) is 29.9. The van der Waals surface area contributed by atoms with Gasteiger partial charge in [0.25, 0.3) is 11.5 Å². The number of nitrogens with zero attached hydrogens (tertiary/aromatic N) is 4. The number of pyridine rings is 1. The number of fused-ring (bicyclic) bond motifs is 1. The van der Waals surface area contributed by atoms with Crippen molar-refractivity contribution in [2.24, 2.45) is 7.05 Å². The Bertz CT molecular complexity index is 1680. The van der Waals surface area contributed by atoms with Crippen LogP contribution < -0.4 is 15.6 Å². The Balaban J connectivity index is 1.37. The van der Waals surface area contributed by atoms with Crippen molar-refractivity contribution in [2.75, 3.05) is 5.32 Å². The number of aryl methyl sites for hydroxylation is 2. The van der Waals surface area contributed by atoms with Crippen LogP contribution in [0.15, 0.2) is 77.9 Å². The van der Waals surface area contributed by atoms with E-state index in [9.17, 15) is 9.59 Å². The number of halogens is 2. The molecule has 0 radical (unpaired) electrons. The summed E-state index contributed by atoms with van der Waals surface area (Å²) in [6.07, 6.45) is 3.61. The molecule has 0 aliphatic heterocycles. The standard InChI is InChI=1S/C26H19Cl2N5O3/c1-15-13-23(34)33(21-8-3-16(27)14-20(21)28)31-24(15)26(35)30-17-4-6-18(7-5-17)36-22-9-11-29-25-19(22)10-12-32(25)2/h3-14H,1-2H3,(H,30,35). The second kappa shape index (κ2) is 9.49. The second-order valence-electron chi connectivity index (χ2n) is 8.08. The van der Waals surface area contributed by atoms with Crippen LogP contribution in [-0.4, -0.2) is 25.2 Å². The van der Waals surface area contributed by atoms with E-state index in [0.717, 1.165) is 15.7 Å². The number of ether oxygens (including phenoxy) is 1. The van der Waals surface area contributed by atoms with E-state index >= 15 is 0 Å². The molecule has 10 heteroatoms. The summed E-state index contributed by atoms with van der Waals surface area (Å²) < 4.78 is 9.03. The molecule has 0 atom stereocenters. The molecule has 180 valence electrons. The Morgan fingerprint density at radius 3 is 2.56 bits per heavy atom. The van der Waals surface area contributed by atoms with Crippen molar-refractivity contribution >= 4 is 45.8 Å². The van der Waals surface area contributed by atoms with E-state index in [-0.39, 0.29) is 10.7 Å². The van der Waals surface area contributed by atoms with Crippen molar-refractivity contribution in [3.8, 4) is 17.2 Å². The molecule has 3 heterocycles. The number of nitrogens with one attached hydrogen (secondary N) is 1. The highest BCUT2D eigenvalue weighted by Crippen LogP contribution is 2.30. The first-order chi connectivity index (χ1) is 17.3. The summed E-state index contributed by atoms with van der Waals surface area (Å²) in [6, 6.07) is 16.7. The lowest BCUT2D eigenvalue weighted by Gasteiger charge is -2.12. The highest BCUT2D eigenvalue weighted by Gasteiger charge is 2.17. The number of amides is 1. The van der Waals surface area contributed by atoms with Gasteiger partial charge in [-0.3, -0.25) is 9.59 Å². The summed E-state index contributed by atoms with van der Waals surface area (Å²) in [6.45, 7) is 1.65. The molecule has 0 aliphatic carbocycles. The minimum absolute atomic E-state index is 0.0872. The zero-order chi connectivity index (χ0) is 25.4. The Hall–Kier alpha value is -4.14. The van der Waals surface area contributed by atoms with Crippen molar-refractivity contribution in [1.29, 1.82) is 0 Å². The van der Waals surface area contributed by atoms with E-state index in [1.54, 1.807) is 55.6 Å². The predicted octanol–water partition coefficient (Wildman–Crippen LogP) is 5.78. The molecule has 0 aliphatic rings. The van der Waals surface area contributed by atoms with Crippen molar-refractivity contribution in [3.05, 3.63) is 105 Å². The number of hydrogen-bond acceptors (Lipinski definition) is 5. The van der Waals surface area contributed by atoms with Gasteiger partial charge in [0.1, 0.15) is 17.1 Å². The summed E-state index contributed by atoms with van der Waals surface area (Å²) in [5, 5.41) is 8.63. The monoisotopic (exact) mass is 519 g/mol. The number of anilines is 1. The zero-order valence-corrected chi connectivity index (χ0v) is 20.7. The van der Waals surface area contributed by atoms with Gasteiger partial charge in [0.15, 0.2) is 5.69 Å². The molecule has 1 N–H and O–H groups in total. The van der Waals surface area contributed by atoms with Gasteiger partial charge in [-0.2, -0.15) is 9.78 Å². The lowest BCUT2D eigenvalue weighted by Crippen LogP contribution is -2.26. The van der Waals surface area contributed by atoms with E-state index in [1.165, 1.54) is 12.1 Å². The van der Waals surface area contributed by atoms with E-state index in [4.69, 9.17) is 27.9 Å². The van der Waals surface area contributed by atoms with Crippen molar-refractivity contribution in [1.82, 2.24) is 19.3 Å². The van der Waals surface area contributed by atoms with Crippen LogP contribution in [0, 0.1) is 6.92 Å². The number of hydrogen-bond donors (Lipinski definition) is 1. The predicted molar refractivity (Wildman–Crippen MR) is 140 cm³/mol. The molecule has 8 nitrogen and oxygen atoms in total. The Morgan fingerprint density at radius 2 is 1.81 bits per heavy atom. The number of aromatic nitrogens is 4. The molecule has 0 unspecified atom stereocenters. The summed E-state index contributed by atoms with van der Waals surface area (Å²) >= 11 is 12.2. The first kappa shape index (κ1) is 23.6. The normalized spacial score (nSPS) is 11.0. The average molecular weight is 520 g/mol. The lowest BCUT2D eigenvalue weighted by atomic mass is 10.2. The third-order valence-corrected chi connectivity index (χ3v) is 6.08. The van der Waals surface area contributed by atoms with Crippen LogP contribution in [0.1, 0.15) is 16.1 Å². The van der Waals surface area contributed by atoms with Crippen LogP contribution in [0.3, 0.4) is 0 Å².